The summed E-state index contributed by atoms with van der Waals surface area (Å²) >= 11 is 1.57. The number of nitrogens with zero attached hydrogens (tertiary/aromatic N) is 3. The zero-order valence-electron chi connectivity index (χ0n) is 15.2. The number of hydrogen-bond acceptors (Lipinski definition) is 4. The van der Waals surface area contributed by atoms with Gasteiger partial charge in [-0.2, -0.15) is 5.26 Å². The Bertz CT molecular complexity index is 776. The molecule has 0 fully saturated rings. The Hall–Kier alpha value is -2.39. The fourth-order valence-corrected chi connectivity index (χ4v) is 3.81. The second-order valence-electron chi connectivity index (χ2n) is 6.33. The average molecular weight is 356 g/mol. The van der Waals surface area contributed by atoms with Crippen LogP contribution in [0.5, 0.6) is 0 Å². The van der Waals surface area contributed by atoms with E-state index in [1.165, 1.54) is 0 Å². The highest BCUT2D eigenvalue weighted by molar-refractivity contribution is 7.16. The predicted octanol–water partition coefficient (Wildman–Crippen LogP) is 4.26. The minimum Gasteiger partial charge on any atom is -0.338 e. The average Bonchev–Trinajstić information content (AvgIpc) is 2.92. The summed E-state index contributed by atoms with van der Waals surface area (Å²) in [5.41, 5.74) is 2.38. The fraction of sp³-hybridized carbons (Fsp3) is 0.421. The van der Waals surface area contributed by atoms with E-state index >= 15 is 0 Å². The maximum absolute atomic E-state index is 12.6. The lowest BCUT2D eigenvalue weighted by Crippen LogP contribution is -2.39. The number of nitriles is 1. The predicted molar refractivity (Wildman–Crippen MR) is 102 cm³/mol. The quantitative estimate of drug-likeness (QED) is 0.841. The van der Waals surface area contributed by atoms with E-state index in [-0.39, 0.29) is 6.03 Å². The van der Waals surface area contributed by atoms with Crippen LogP contribution in [0.2, 0.25) is 0 Å². The number of aryl methyl sites for hydroxylation is 1. The lowest BCUT2D eigenvalue weighted by molar-refractivity contribution is 0.246. The topological polar surface area (TPSA) is 69.0 Å². The normalized spacial score (nSPS) is 10.6. The highest BCUT2D eigenvalue weighted by Gasteiger charge is 2.21. The summed E-state index contributed by atoms with van der Waals surface area (Å²) in [6, 6.07) is 9.35. The van der Waals surface area contributed by atoms with Gasteiger partial charge in [0.15, 0.2) is 0 Å². The Labute approximate surface area is 153 Å². The first-order valence-corrected chi connectivity index (χ1v) is 9.27. The summed E-state index contributed by atoms with van der Waals surface area (Å²) in [4.78, 5) is 19.0. The number of nitrogens with one attached hydrogen (secondary N) is 1. The number of amides is 2. The fourth-order valence-electron chi connectivity index (χ4n) is 2.53. The first-order chi connectivity index (χ1) is 11.9. The number of benzene rings is 1. The van der Waals surface area contributed by atoms with Crippen molar-refractivity contribution in [3.8, 4) is 6.07 Å². The number of thiazole rings is 1. The second kappa shape index (κ2) is 8.63. The van der Waals surface area contributed by atoms with E-state index in [0.29, 0.717) is 24.6 Å². The van der Waals surface area contributed by atoms with Gasteiger partial charge >= 0.3 is 6.03 Å². The molecule has 0 atom stereocenters. The van der Waals surface area contributed by atoms with Gasteiger partial charge in [0.2, 0.25) is 0 Å². The Morgan fingerprint density at radius 3 is 2.84 bits per heavy atom. The molecule has 0 aliphatic heterocycles. The Morgan fingerprint density at radius 2 is 2.20 bits per heavy atom. The smallest absolute Gasteiger partial charge is 0.322 e. The van der Waals surface area contributed by atoms with Crippen LogP contribution in [-0.2, 0) is 13.0 Å². The van der Waals surface area contributed by atoms with Crippen LogP contribution in [0.3, 0.4) is 0 Å². The van der Waals surface area contributed by atoms with Gasteiger partial charge < -0.3 is 5.32 Å². The maximum atomic E-state index is 12.6. The minimum absolute atomic E-state index is 0.146. The number of urea groups is 1. The lowest BCUT2D eigenvalue weighted by Gasteiger charge is -2.22. The Balaban J connectivity index is 2.34. The van der Waals surface area contributed by atoms with Crippen molar-refractivity contribution < 1.29 is 4.79 Å². The third kappa shape index (κ3) is 5.04. The lowest BCUT2D eigenvalue weighted by atomic mass is 10.1. The van der Waals surface area contributed by atoms with Gasteiger partial charge in [-0.3, -0.25) is 4.90 Å². The van der Waals surface area contributed by atoms with Crippen molar-refractivity contribution in [2.75, 3.05) is 11.4 Å². The van der Waals surface area contributed by atoms with Gasteiger partial charge in [-0.05, 0) is 37.5 Å². The molecule has 1 aromatic carbocycles. The molecule has 132 valence electrons. The molecule has 1 N–H and O–H groups in total. The number of hydrogen-bond donors (Lipinski definition) is 1. The van der Waals surface area contributed by atoms with Gasteiger partial charge in [0.05, 0.1) is 28.9 Å². The van der Waals surface area contributed by atoms with E-state index in [0.717, 1.165) is 27.7 Å². The van der Waals surface area contributed by atoms with E-state index in [1.54, 1.807) is 22.3 Å². The van der Waals surface area contributed by atoms with E-state index in [2.05, 4.69) is 30.2 Å². The standard InChI is InChI=1S/C19H24N4OS/c1-5-21-19(24)23(12-16-8-6-7-15(10-16)11-20)18-14(4)22-17(25-18)9-13(2)3/h6-8,10,13H,5,9,12H2,1-4H3,(H,21,24). The van der Waals surface area contributed by atoms with Crippen LogP contribution in [0.4, 0.5) is 9.80 Å². The summed E-state index contributed by atoms with van der Waals surface area (Å²) in [5, 5.41) is 13.9. The van der Waals surface area contributed by atoms with Gasteiger partial charge in [0.1, 0.15) is 5.00 Å². The van der Waals surface area contributed by atoms with Crippen molar-refractivity contribution in [1.29, 1.82) is 5.26 Å². The first-order valence-electron chi connectivity index (χ1n) is 8.45. The van der Waals surface area contributed by atoms with Crippen molar-refractivity contribution in [3.63, 3.8) is 0 Å². The maximum Gasteiger partial charge on any atom is 0.322 e. The van der Waals surface area contributed by atoms with Crippen LogP contribution < -0.4 is 10.2 Å². The molecule has 0 aliphatic rings. The third-order valence-corrected chi connectivity index (χ3v) is 4.82. The molecule has 0 saturated carbocycles. The summed E-state index contributed by atoms with van der Waals surface area (Å²) in [5.74, 6) is 0.517. The molecule has 5 nitrogen and oxygen atoms in total. The van der Waals surface area contributed by atoms with Crippen LogP contribution in [0.25, 0.3) is 0 Å². The molecule has 25 heavy (non-hydrogen) atoms. The monoisotopic (exact) mass is 356 g/mol. The number of aromatic nitrogens is 1. The zero-order valence-corrected chi connectivity index (χ0v) is 16.0. The molecule has 0 aliphatic carbocycles. The summed E-state index contributed by atoms with van der Waals surface area (Å²) in [6.45, 7) is 9.12. The van der Waals surface area contributed by atoms with Gasteiger partial charge in [0, 0.05) is 13.0 Å². The van der Waals surface area contributed by atoms with Crippen LogP contribution in [-0.4, -0.2) is 17.6 Å². The van der Waals surface area contributed by atoms with Crippen molar-refractivity contribution in [1.82, 2.24) is 10.3 Å². The summed E-state index contributed by atoms with van der Waals surface area (Å²) in [7, 11) is 0. The van der Waals surface area contributed by atoms with Crippen molar-refractivity contribution in [3.05, 3.63) is 46.1 Å². The molecule has 6 heteroatoms. The molecule has 0 radical (unpaired) electrons. The molecule has 0 bridgehead atoms. The number of carbonyl (C=O) groups excluding carboxylic acids is 1. The number of rotatable bonds is 6. The largest absolute Gasteiger partial charge is 0.338 e. The van der Waals surface area contributed by atoms with Crippen LogP contribution in [0, 0.1) is 24.2 Å². The number of anilines is 1. The van der Waals surface area contributed by atoms with Gasteiger partial charge in [0.25, 0.3) is 0 Å². The Morgan fingerprint density at radius 1 is 1.44 bits per heavy atom. The highest BCUT2D eigenvalue weighted by Crippen LogP contribution is 2.31. The second-order valence-corrected chi connectivity index (χ2v) is 7.39. The van der Waals surface area contributed by atoms with Gasteiger partial charge in [-0.25, -0.2) is 9.78 Å². The zero-order chi connectivity index (χ0) is 18.4. The number of carbonyl (C=O) groups is 1. The molecule has 0 saturated heterocycles. The van der Waals surface area contributed by atoms with Crippen LogP contribution in [0.1, 0.15) is 42.6 Å². The van der Waals surface area contributed by atoms with Crippen molar-refractivity contribution in [2.45, 2.75) is 40.7 Å². The molecule has 1 heterocycles. The van der Waals surface area contributed by atoms with Crippen molar-refractivity contribution >= 4 is 22.4 Å². The van der Waals surface area contributed by atoms with E-state index in [4.69, 9.17) is 5.26 Å². The first kappa shape index (κ1) is 18.9. The van der Waals surface area contributed by atoms with E-state index < -0.39 is 0 Å². The molecular weight excluding hydrogens is 332 g/mol. The Kier molecular flexibility index (Phi) is 6.54. The van der Waals surface area contributed by atoms with E-state index in [9.17, 15) is 4.79 Å². The molecule has 2 aromatic rings. The third-order valence-electron chi connectivity index (χ3n) is 3.61. The molecule has 0 spiro atoms. The summed E-state index contributed by atoms with van der Waals surface area (Å²) < 4.78 is 0. The molecular formula is C19H24N4OS. The van der Waals surface area contributed by atoms with Crippen molar-refractivity contribution in [2.24, 2.45) is 5.92 Å². The van der Waals surface area contributed by atoms with Gasteiger partial charge in [-0.1, -0.05) is 26.0 Å². The van der Waals surface area contributed by atoms with Crippen LogP contribution in [0.15, 0.2) is 24.3 Å². The molecule has 2 rings (SSSR count). The molecule has 2 amide bonds. The molecule has 1 aromatic heterocycles. The minimum atomic E-state index is -0.146. The highest BCUT2D eigenvalue weighted by atomic mass is 32.1. The van der Waals surface area contributed by atoms with E-state index in [1.807, 2.05) is 32.0 Å². The van der Waals surface area contributed by atoms with Crippen LogP contribution >= 0.6 is 11.3 Å². The SMILES string of the molecule is CCNC(=O)N(Cc1cccc(C#N)c1)c1sc(CC(C)C)nc1C. The van der Waals surface area contributed by atoms with Gasteiger partial charge in [-0.15, -0.1) is 11.3 Å². The molecule has 0 unspecified atom stereocenters. The summed E-state index contributed by atoms with van der Waals surface area (Å²) in [6.07, 6.45) is 0.901.